The number of aromatic nitrogens is 1. The Morgan fingerprint density at radius 3 is 2.81 bits per heavy atom. The largest absolute Gasteiger partial charge is 0.496 e. The number of rotatable bonds is 6. The second kappa shape index (κ2) is 6.03. The molecule has 0 bridgehead atoms. The topological polar surface area (TPSA) is 45.6 Å². The van der Waals surface area contributed by atoms with E-state index in [1.165, 1.54) is 12.8 Å². The number of hydrogen-bond acceptors (Lipinski definition) is 5. The maximum Gasteiger partial charge on any atom is 0.185 e. The minimum atomic E-state index is 0.0893. The monoisotopic (exact) mass is 304 g/mol. The van der Waals surface area contributed by atoms with Crippen molar-refractivity contribution in [1.29, 1.82) is 0 Å². The number of para-hydroxylation sites is 1. The molecule has 112 valence electrons. The van der Waals surface area contributed by atoms with Crippen molar-refractivity contribution in [3.8, 4) is 5.75 Å². The van der Waals surface area contributed by atoms with Gasteiger partial charge in [0.1, 0.15) is 5.75 Å². The van der Waals surface area contributed by atoms with Crippen LogP contribution in [0.4, 0.5) is 5.13 Å². The molecule has 1 aliphatic carbocycles. The van der Waals surface area contributed by atoms with Crippen LogP contribution in [0.5, 0.6) is 5.75 Å². The summed E-state index contributed by atoms with van der Waals surface area (Å²) in [5.41, 5.74) is 2.24. The zero-order chi connectivity index (χ0) is 14.8. The maximum absolute atomic E-state index is 9.49. The Morgan fingerprint density at radius 2 is 2.14 bits per heavy atom. The van der Waals surface area contributed by atoms with Gasteiger partial charge in [0.2, 0.25) is 0 Å². The van der Waals surface area contributed by atoms with Crippen molar-refractivity contribution in [2.75, 3.05) is 19.1 Å². The summed E-state index contributed by atoms with van der Waals surface area (Å²) in [5.74, 6) is 1.46. The Balaban J connectivity index is 1.80. The molecule has 0 saturated heterocycles. The highest BCUT2D eigenvalue weighted by atomic mass is 32.1. The van der Waals surface area contributed by atoms with E-state index in [0.29, 0.717) is 5.92 Å². The molecule has 1 saturated carbocycles. The molecular weight excluding hydrogens is 284 g/mol. The first-order valence-electron chi connectivity index (χ1n) is 7.16. The number of nitrogens with zero attached hydrogens (tertiary/aromatic N) is 2. The maximum atomic E-state index is 9.49. The number of thiazole rings is 1. The van der Waals surface area contributed by atoms with Crippen molar-refractivity contribution in [3.63, 3.8) is 0 Å². The van der Waals surface area contributed by atoms with Gasteiger partial charge in [-0.25, -0.2) is 4.98 Å². The molecular formula is C16H20N2O2S. The molecule has 1 N–H and O–H groups in total. The molecule has 0 atom stereocenters. The van der Waals surface area contributed by atoms with Gasteiger partial charge in [-0.1, -0.05) is 29.5 Å². The van der Waals surface area contributed by atoms with E-state index >= 15 is 0 Å². The Labute approximate surface area is 129 Å². The number of ether oxygens (including phenoxy) is 1. The van der Waals surface area contributed by atoms with Crippen LogP contribution in [-0.2, 0) is 13.2 Å². The first-order chi connectivity index (χ1) is 10.2. The average Bonchev–Trinajstić information content (AvgIpc) is 3.26. The number of aliphatic hydroxyl groups is 1. The lowest BCUT2D eigenvalue weighted by molar-refractivity contribution is 0.284. The molecule has 1 aromatic carbocycles. The lowest BCUT2D eigenvalue weighted by atomic mass is 10.2. The predicted molar refractivity (Wildman–Crippen MR) is 85.1 cm³/mol. The van der Waals surface area contributed by atoms with E-state index in [0.717, 1.165) is 33.6 Å². The van der Waals surface area contributed by atoms with Gasteiger partial charge >= 0.3 is 0 Å². The highest BCUT2D eigenvalue weighted by Crippen LogP contribution is 2.44. The van der Waals surface area contributed by atoms with Crippen molar-refractivity contribution in [2.24, 2.45) is 0 Å². The molecule has 0 spiro atoms. The molecule has 0 unspecified atom stereocenters. The first-order valence-corrected chi connectivity index (χ1v) is 7.98. The third kappa shape index (κ3) is 3.04. The Morgan fingerprint density at radius 1 is 1.38 bits per heavy atom. The summed E-state index contributed by atoms with van der Waals surface area (Å²) in [4.78, 5) is 7.87. The molecule has 3 rings (SSSR count). The van der Waals surface area contributed by atoms with Gasteiger partial charge in [0, 0.05) is 25.1 Å². The molecule has 0 aliphatic heterocycles. The van der Waals surface area contributed by atoms with Crippen molar-refractivity contribution in [1.82, 2.24) is 4.98 Å². The van der Waals surface area contributed by atoms with Gasteiger partial charge in [0.05, 0.1) is 24.3 Å². The quantitative estimate of drug-likeness (QED) is 0.890. The van der Waals surface area contributed by atoms with Crippen LogP contribution in [0.25, 0.3) is 0 Å². The fourth-order valence-corrected chi connectivity index (χ4v) is 3.43. The summed E-state index contributed by atoms with van der Waals surface area (Å²) in [6, 6.07) is 8.03. The SMILES string of the molecule is COc1ccccc1CN(C)c1nc(C2CC2)c(CO)s1. The van der Waals surface area contributed by atoms with E-state index in [-0.39, 0.29) is 6.61 Å². The molecule has 2 aromatic rings. The number of methoxy groups -OCH3 is 1. The summed E-state index contributed by atoms with van der Waals surface area (Å²) < 4.78 is 5.40. The Kier molecular flexibility index (Phi) is 4.12. The van der Waals surface area contributed by atoms with Gasteiger partial charge in [-0.15, -0.1) is 0 Å². The number of anilines is 1. The summed E-state index contributed by atoms with van der Waals surface area (Å²) in [5, 5.41) is 10.5. The van der Waals surface area contributed by atoms with E-state index in [2.05, 4.69) is 11.0 Å². The van der Waals surface area contributed by atoms with Gasteiger partial charge in [0.15, 0.2) is 5.13 Å². The van der Waals surface area contributed by atoms with Gasteiger partial charge in [-0.05, 0) is 18.9 Å². The molecule has 4 nitrogen and oxygen atoms in total. The third-order valence-corrected chi connectivity index (χ3v) is 4.92. The van der Waals surface area contributed by atoms with Crippen molar-refractivity contribution in [2.45, 2.75) is 31.9 Å². The smallest absolute Gasteiger partial charge is 0.185 e. The van der Waals surface area contributed by atoms with Crippen LogP contribution in [-0.4, -0.2) is 24.2 Å². The summed E-state index contributed by atoms with van der Waals surface area (Å²) in [6.07, 6.45) is 2.40. The average molecular weight is 304 g/mol. The first kappa shape index (κ1) is 14.4. The van der Waals surface area contributed by atoms with E-state index in [4.69, 9.17) is 9.72 Å². The molecule has 1 aromatic heterocycles. The highest BCUT2D eigenvalue weighted by molar-refractivity contribution is 7.15. The molecule has 1 aliphatic rings. The number of benzene rings is 1. The predicted octanol–water partition coefficient (Wildman–Crippen LogP) is 3.16. The van der Waals surface area contributed by atoms with E-state index in [1.54, 1.807) is 18.4 Å². The van der Waals surface area contributed by atoms with E-state index in [9.17, 15) is 5.11 Å². The minimum Gasteiger partial charge on any atom is -0.496 e. The number of hydrogen-bond donors (Lipinski definition) is 1. The fraction of sp³-hybridized carbons (Fsp3) is 0.438. The van der Waals surface area contributed by atoms with Crippen LogP contribution in [0.3, 0.4) is 0 Å². The van der Waals surface area contributed by atoms with Gasteiger partial charge < -0.3 is 14.7 Å². The number of aliphatic hydroxyl groups excluding tert-OH is 1. The standard InChI is InChI=1S/C16H20N2O2S/c1-18(9-12-5-3-4-6-13(12)20-2)16-17-15(11-7-8-11)14(10-19)21-16/h3-6,11,19H,7-10H2,1-2H3. The minimum absolute atomic E-state index is 0.0893. The van der Waals surface area contributed by atoms with Crippen molar-refractivity contribution >= 4 is 16.5 Å². The molecule has 0 radical (unpaired) electrons. The fourth-order valence-electron chi connectivity index (χ4n) is 2.46. The van der Waals surface area contributed by atoms with Gasteiger partial charge in [0.25, 0.3) is 0 Å². The second-order valence-corrected chi connectivity index (χ2v) is 6.47. The lowest BCUT2D eigenvalue weighted by Gasteiger charge is -2.17. The van der Waals surface area contributed by atoms with Crippen LogP contribution >= 0.6 is 11.3 Å². The molecule has 1 fully saturated rings. The van der Waals surface area contributed by atoms with Crippen LogP contribution in [0.2, 0.25) is 0 Å². The second-order valence-electron chi connectivity index (χ2n) is 5.41. The molecule has 5 heteroatoms. The van der Waals surface area contributed by atoms with E-state index in [1.807, 2.05) is 25.2 Å². The third-order valence-electron chi connectivity index (χ3n) is 3.75. The summed E-state index contributed by atoms with van der Waals surface area (Å²) >= 11 is 1.59. The summed E-state index contributed by atoms with van der Waals surface area (Å²) in [7, 11) is 3.72. The van der Waals surface area contributed by atoms with Gasteiger partial charge in [-0.2, -0.15) is 0 Å². The van der Waals surface area contributed by atoms with Crippen LogP contribution < -0.4 is 9.64 Å². The zero-order valence-electron chi connectivity index (χ0n) is 12.4. The summed E-state index contributed by atoms with van der Waals surface area (Å²) in [6.45, 7) is 0.832. The normalized spacial score (nSPS) is 14.2. The van der Waals surface area contributed by atoms with Crippen molar-refractivity contribution < 1.29 is 9.84 Å². The van der Waals surface area contributed by atoms with Gasteiger partial charge in [-0.3, -0.25) is 0 Å². The van der Waals surface area contributed by atoms with Crippen LogP contribution in [0.15, 0.2) is 24.3 Å². The lowest BCUT2D eigenvalue weighted by Crippen LogP contribution is -2.16. The van der Waals surface area contributed by atoms with Crippen LogP contribution in [0.1, 0.15) is 34.9 Å². The Bertz CT molecular complexity index is 622. The molecule has 21 heavy (non-hydrogen) atoms. The molecule has 0 amide bonds. The molecule has 1 heterocycles. The highest BCUT2D eigenvalue weighted by Gasteiger charge is 2.30. The van der Waals surface area contributed by atoms with Crippen molar-refractivity contribution in [3.05, 3.63) is 40.4 Å². The Hall–Kier alpha value is -1.59. The van der Waals surface area contributed by atoms with E-state index < -0.39 is 0 Å². The van der Waals surface area contributed by atoms with Crippen LogP contribution in [0, 0.1) is 0 Å². The zero-order valence-corrected chi connectivity index (χ0v) is 13.2.